The van der Waals surface area contributed by atoms with Crippen LogP contribution in [0.4, 0.5) is 22.7 Å². The molecular formula is C27H21Cl2N5O7. The molecule has 0 radical (unpaired) electrons. The highest BCUT2D eigenvalue weighted by Crippen LogP contribution is 2.24. The number of carboxylic acids is 1. The van der Waals surface area contributed by atoms with Crippen LogP contribution in [0.25, 0.3) is 0 Å². The van der Waals surface area contributed by atoms with Crippen LogP contribution in [0, 0.1) is 10.1 Å². The number of nitrogens with one attached hydrogen (secondary N) is 3. The monoisotopic (exact) mass is 597 g/mol. The number of nitro benzene ring substituents is 1. The van der Waals surface area contributed by atoms with Gasteiger partial charge < -0.3 is 21.1 Å². The van der Waals surface area contributed by atoms with Gasteiger partial charge in [-0.25, -0.2) is 4.79 Å². The number of hydrogen-bond acceptors (Lipinski definition) is 9. The molecule has 41 heavy (non-hydrogen) atoms. The van der Waals surface area contributed by atoms with Crippen LogP contribution in [-0.2, 0) is 17.6 Å². The number of carbonyl (C=O) groups excluding carboxylic acids is 1. The molecule has 0 saturated heterocycles. The molecule has 0 aliphatic rings. The summed E-state index contributed by atoms with van der Waals surface area (Å²) in [5.74, 6) is -1.79. The van der Waals surface area contributed by atoms with Crippen molar-refractivity contribution in [1.29, 1.82) is 0 Å². The van der Waals surface area contributed by atoms with Gasteiger partial charge in [0.15, 0.2) is 0 Å². The number of nitro groups is 1. The SMILES string of the molecule is O=C(Nc1ccc(C[C@H](Nc2c(NCCc3ccc([N+](=O)[O-])cc3)c(=O)c2=O)C(=O)O)cc1)c1c(Cl)cncc1Cl. The maximum atomic E-state index is 12.6. The summed E-state index contributed by atoms with van der Waals surface area (Å²) in [5.41, 5.74) is 0.0264. The Morgan fingerprint density at radius 3 is 2.10 bits per heavy atom. The Bertz CT molecular complexity index is 1660. The molecule has 0 unspecified atom stereocenters. The average Bonchev–Trinajstić information content (AvgIpc) is 2.94. The average molecular weight is 598 g/mol. The predicted octanol–water partition coefficient (Wildman–Crippen LogP) is 3.91. The molecule has 0 saturated carbocycles. The van der Waals surface area contributed by atoms with Gasteiger partial charge in [0.05, 0.1) is 20.5 Å². The molecule has 14 heteroatoms. The summed E-state index contributed by atoms with van der Waals surface area (Å²) in [5, 5.41) is 28.8. The minimum Gasteiger partial charge on any atom is -0.480 e. The van der Waals surface area contributed by atoms with Gasteiger partial charge in [0.1, 0.15) is 17.4 Å². The third-order valence-electron chi connectivity index (χ3n) is 6.12. The van der Waals surface area contributed by atoms with E-state index in [1.165, 1.54) is 24.5 Å². The number of halogens is 2. The van der Waals surface area contributed by atoms with E-state index in [1.807, 2.05) is 0 Å². The van der Waals surface area contributed by atoms with Crippen molar-refractivity contribution >= 4 is 57.8 Å². The molecule has 1 amide bonds. The molecule has 0 fully saturated rings. The van der Waals surface area contributed by atoms with E-state index in [0.717, 1.165) is 5.56 Å². The Labute approximate surface area is 241 Å². The number of aliphatic carboxylic acids is 1. The summed E-state index contributed by atoms with van der Waals surface area (Å²) >= 11 is 12.0. The van der Waals surface area contributed by atoms with Crippen molar-refractivity contribution in [3.63, 3.8) is 0 Å². The number of benzene rings is 2. The minimum atomic E-state index is -1.24. The Morgan fingerprint density at radius 1 is 0.927 bits per heavy atom. The quantitative estimate of drug-likeness (QED) is 0.106. The lowest BCUT2D eigenvalue weighted by Gasteiger charge is -2.20. The highest BCUT2D eigenvalue weighted by atomic mass is 35.5. The molecule has 4 rings (SSSR count). The van der Waals surface area contributed by atoms with Gasteiger partial charge in [-0.2, -0.15) is 0 Å². The van der Waals surface area contributed by atoms with Gasteiger partial charge >= 0.3 is 5.97 Å². The van der Waals surface area contributed by atoms with Crippen LogP contribution in [0.15, 0.2) is 70.5 Å². The van der Waals surface area contributed by atoms with Crippen LogP contribution >= 0.6 is 23.2 Å². The van der Waals surface area contributed by atoms with Gasteiger partial charge in [0.25, 0.3) is 22.5 Å². The first-order chi connectivity index (χ1) is 19.5. The van der Waals surface area contributed by atoms with Crippen LogP contribution in [0.1, 0.15) is 21.5 Å². The Morgan fingerprint density at radius 2 is 1.51 bits per heavy atom. The summed E-state index contributed by atoms with van der Waals surface area (Å²) in [6.45, 7) is 0.234. The fraction of sp³-hybridized carbons (Fsp3) is 0.148. The third kappa shape index (κ3) is 6.86. The number of carbonyl (C=O) groups is 2. The van der Waals surface area contributed by atoms with E-state index in [9.17, 15) is 34.4 Å². The number of non-ortho nitro benzene ring substituents is 1. The Hall–Kier alpha value is -4.81. The van der Waals surface area contributed by atoms with E-state index >= 15 is 0 Å². The third-order valence-corrected chi connectivity index (χ3v) is 6.69. The lowest BCUT2D eigenvalue weighted by Crippen LogP contribution is -2.42. The number of carboxylic acid groups (broad SMARTS) is 1. The molecule has 0 spiro atoms. The standard InChI is InChI=1S/C27H21Cl2N5O7/c28-18-12-30-13-19(29)21(18)26(37)32-16-5-1-15(2-6-16)11-20(27(38)39)33-23-22(24(35)25(23)36)31-10-9-14-3-7-17(8-4-14)34(40)41/h1-8,12-13,20,31,33H,9-11H2,(H,32,37)(H,38,39)/t20-/m0/s1. The molecule has 1 atom stereocenters. The summed E-state index contributed by atoms with van der Waals surface area (Å²) in [4.78, 5) is 62.9. The van der Waals surface area contributed by atoms with Crippen molar-refractivity contribution < 1.29 is 19.6 Å². The normalized spacial score (nSPS) is 11.6. The summed E-state index contributed by atoms with van der Waals surface area (Å²) in [6, 6.07) is 11.0. The Kier molecular flexibility index (Phi) is 8.95. The van der Waals surface area contributed by atoms with Crippen LogP contribution in [0.5, 0.6) is 0 Å². The zero-order valence-electron chi connectivity index (χ0n) is 21.0. The van der Waals surface area contributed by atoms with Gasteiger partial charge in [-0.15, -0.1) is 0 Å². The lowest BCUT2D eigenvalue weighted by atomic mass is 10.0. The molecule has 1 aromatic heterocycles. The first-order valence-corrected chi connectivity index (χ1v) is 12.8. The molecule has 1 heterocycles. The highest BCUT2D eigenvalue weighted by Gasteiger charge is 2.26. The molecule has 3 aromatic carbocycles. The van der Waals surface area contributed by atoms with E-state index in [-0.39, 0.29) is 45.6 Å². The number of aromatic nitrogens is 1. The minimum absolute atomic E-state index is 0.0188. The number of pyridine rings is 1. The molecule has 210 valence electrons. The lowest BCUT2D eigenvalue weighted by molar-refractivity contribution is -0.384. The van der Waals surface area contributed by atoms with E-state index in [4.69, 9.17) is 23.2 Å². The van der Waals surface area contributed by atoms with Crippen molar-refractivity contribution in [2.75, 3.05) is 22.5 Å². The zero-order chi connectivity index (χ0) is 29.7. The molecule has 0 bridgehead atoms. The van der Waals surface area contributed by atoms with Gasteiger partial charge in [0, 0.05) is 43.2 Å². The Balaban J connectivity index is 1.37. The number of anilines is 3. The number of hydrogen-bond donors (Lipinski definition) is 4. The van der Waals surface area contributed by atoms with Crippen molar-refractivity contribution in [3.8, 4) is 0 Å². The zero-order valence-corrected chi connectivity index (χ0v) is 22.5. The largest absolute Gasteiger partial charge is 0.480 e. The van der Waals surface area contributed by atoms with Crippen LogP contribution < -0.4 is 26.8 Å². The number of rotatable bonds is 12. The maximum absolute atomic E-state index is 12.6. The van der Waals surface area contributed by atoms with Crippen molar-refractivity contribution in [3.05, 3.63) is 118 Å². The second-order valence-corrected chi connectivity index (χ2v) is 9.69. The number of nitrogens with zero attached hydrogens (tertiary/aromatic N) is 2. The van der Waals surface area contributed by atoms with E-state index in [0.29, 0.717) is 17.7 Å². The van der Waals surface area contributed by atoms with Gasteiger partial charge in [-0.1, -0.05) is 47.5 Å². The predicted molar refractivity (Wildman–Crippen MR) is 154 cm³/mol. The number of amides is 1. The van der Waals surface area contributed by atoms with Gasteiger partial charge in [-0.05, 0) is 29.7 Å². The van der Waals surface area contributed by atoms with Gasteiger partial charge in [0.2, 0.25) is 0 Å². The van der Waals surface area contributed by atoms with Crippen LogP contribution in [-0.4, -0.2) is 39.5 Å². The topological polar surface area (TPSA) is 181 Å². The van der Waals surface area contributed by atoms with Gasteiger partial charge in [-0.3, -0.25) is 29.5 Å². The fourth-order valence-electron chi connectivity index (χ4n) is 3.97. The molecule has 4 N–H and O–H groups in total. The van der Waals surface area contributed by atoms with E-state index in [2.05, 4.69) is 20.9 Å². The second-order valence-electron chi connectivity index (χ2n) is 8.88. The highest BCUT2D eigenvalue weighted by molar-refractivity contribution is 6.40. The fourth-order valence-corrected chi connectivity index (χ4v) is 4.51. The molecule has 0 aliphatic heterocycles. The van der Waals surface area contributed by atoms with Crippen LogP contribution in [0.3, 0.4) is 0 Å². The smallest absolute Gasteiger partial charge is 0.326 e. The second kappa shape index (κ2) is 12.6. The van der Waals surface area contributed by atoms with Crippen molar-refractivity contribution in [1.82, 2.24) is 4.98 Å². The molecule has 4 aromatic rings. The summed E-state index contributed by atoms with van der Waals surface area (Å²) in [6.07, 6.45) is 2.95. The van der Waals surface area contributed by atoms with E-state index < -0.39 is 33.7 Å². The summed E-state index contributed by atoms with van der Waals surface area (Å²) in [7, 11) is 0. The van der Waals surface area contributed by atoms with Crippen molar-refractivity contribution in [2.24, 2.45) is 0 Å². The summed E-state index contributed by atoms with van der Waals surface area (Å²) < 4.78 is 0. The van der Waals surface area contributed by atoms with Crippen LogP contribution in [0.2, 0.25) is 10.0 Å². The molecular weight excluding hydrogens is 577 g/mol. The van der Waals surface area contributed by atoms with E-state index in [1.54, 1.807) is 36.4 Å². The molecule has 0 aliphatic carbocycles. The molecule has 12 nitrogen and oxygen atoms in total. The van der Waals surface area contributed by atoms with Crippen molar-refractivity contribution in [2.45, 2.75) is 18.9 Å². The first kappa shape index (κ1) is 29.2. The maximum Gasteiger partial charge on any atom is 0.326 e. The first-order valence-electron chi connectivity index (χ1n) is 12.0.